The second-order valence-corrected chi connectivity index (χ2v) is 11.8. The zero-order chi connectivity index (χ0) is 32.7. The molecule has 0 bridgehead atoms. The SMILES string of the molecule is C[C@H]1COCCN1c1cc(NC(=O)Cn2cc(-c3cc(Cl)c(O)c(C(N)=O)c3)c3c(=O)n(C)c(-c4ccccc4)nc32)c(Cl)cn1. The first-order chi connectivity index (χ1) is 22.0. The number of nitrogens with zero attached hydrogens (tertiary/aromatic N) is 5. The van der Waals surface area contributed by atoms with Crippen LogP contribution in [0, 0.1) is 0 Å². The summed E-state index contributed by atoms with van der Waals surface area (Å²) >= 11 is 12.7. The number of amides is 2. The van der Waals surface area contributed by atoms with Crippen molar-refractivity contribution < 1.29 is 19.4 Å². The van der Waals surface area contributed by atoms with Crippen molar-refractivity contribution in [1.29, 1.82) is 0 Å². The van der Waals surface area contributed by atoms with Gasteiger partial charge in [-0.2, -0.15) is 0 Å². The summed E-state index contributed by atoms with van der Waals surface area (Å²) in [4.78, 5) is 50.9. The first-order valence-electron chi connectivity index (χ1n) is 14.3. The highest BCUT2D eigenvalue weighted by Crippen LogP contribution is 2.36. The maximum atomic E-state index is 13.9. The van der Waals surface area contributed by atoms with E-state index in [1.807, 2.05) is 37.3 Å². The van der Waals surface area contributed by atoms with Gasteiger partial charge in [0.15, 0.2) is 0 Å². The van der Waals surface area contributed by atoms with Gasteiger partial charge < -0.3 is 30.4 Å². The Morgan fingerprint density at radius 3 is 2.61 bits per heavy atom. The molecule has 0 spiro atoms. The van der Waals surface area contributed by atoms with Crippen molar-refractivity contribution in [2.75, 3.05) is 30.0 Å². The third-order valence-electron chi connectivity index (χ3n) is 7.86. The summed E-state index contributed by atoms with van der Waals surface area (Å²) in [6.45, 7) is 3.53. The largest absolute Gasteiger partial charge is 0.506 e. The lowest BCUT2D eigenvalue weighted by atomic mass is 10.0. The quantitative estimate of drug-likeness (QED) is 0.231. The topological polar surface area (TPSA) is 158 Å². The second-order valence-electron chi connectivity index (χ2n) is 10.9. The molecule has 4 heterocycles. The Labute approximate surface area is 272 Å². The average Bonchev–Trinajstić information content (AvgIpc) is 3.39. The van der Waals surface area contributed by atoms with Gasteiger partial charge >= 0.3 is 0 Å². The standard InChI is InChI=1S/C32H29Cl2N7O5/c1-17-16-46-9-8-41(17)25-12-24(23(34)13-36-25)37-26(42)15-40-14-21(19-10-20(29(35)44)28(43)22(33)11-19)27-31(40)38-30(39(2)32(27)45)18-6-4-3-5-7-18/h3-7,10-14,17,43H,8-9,15-16H2,1-2H3,(H2,35,44)(H,36,37,42)/t17-/m0/s1. The lowest BCUT2D eigenvalue weighted by Crippen LogP contribution is -2.44. The van der Waals surface area contributed by atoms with E-state index in [9.17, 15) is 19.5 Å². The molecule has 6 rings (SSSR count). The fourth-order valence-electron chi connectivity index (χ4n) is 5.54. The minimum Gasteiger partial charge on any atom is -0.506 e. The summed E-state index contributed by atoms with van der Waals surface area (Å²) < 4.78 is 8.48. The molecule has 0 saturated carbocycles. The van der Waals surface area contributed by atoms with Gasteiger partial charge in [-0.1, -0.05) is 53.5 Å². The zero-order valence-corrected chi connectivity index (χ0v) is 26.3. The van der Waals surface area contributed by atoms with E-state index >= 15 is 0 Å². The van der Waals surface area contributed by atoms with Crippen LogP contribution in [0.5, 0.6) is 5.75 Å². The van der Waals surface area contributed by atoms with Crippen LogP contribution in [-0.4, -0.2) is 61.8 Å². The Kier molecular flexibility index (Phi) is 8.43. The summed E-state index contributed by atoms with van der Waals surface area (Å²) in [6, 6.07) is 13.7. The van der Waals surface area contributed by atoms with Crippen molar-refractivity contribution in [3.8, 4) is 28.3 Å². The highest BCUT2D eigenvalue weighted by atomic mass is 35.5. The lowest BCUT2D eigenvalue weighted by Gasteiger charge is -2.34. The zero-order valence-electron chi connectivity index (χ0n) is 24.8. The summed E-state index contributed by atoms with van der Waals surface area (Å²) in [6.07, 6.45) is 3.07. The van der Waals surface area contributed by atoms with Gasteiger partial charge in [-0.25, -0.2) is 9.97 Å². The van der Waals surface area contributed by atoms with E-state index in [1.54, 1.807) is 23.9 Å². The van der Waals surface area contributed by atoms with Crippen LogP contribution in [0.1, 0.15) is 17.3 Å². The number of carbonyl (C=O) groups excluding carboxylic acids is 2. The maximum Gasteiger partial charge on any atom is 0.263 e. The molecule has 1 fully saturated rings. The maximum absolute atomic E-state index is 13.9. The van der Waals surface area contributed by atoms with Crippen LogP contribution in [-0.2, 0) is 23.1 Å². The molecular formula is C32H29Cl2N7O5. The number of aromatic hydroxyl groups is 1. The minimum atomic E-state index is -0.901. The van der Waals surface area contributed by atoms with Crippen LogP contribution in [0.4, 0.5) is 11.5 Å². The van der Waals surface area contributed by atoms with Crippen LogP contribution in [0.2, 0.25) is 10.0 Å². The normalized spacial score (nSPS) is 14.9. The van der Waals surface area contributed by atoms with Crippen LogP contribution in [0.25, 0.3) is 33.5 Å². The van der Waals surface area contributed by atoms with Gasteiger partial charge in [-0.3, -0.25) is 19.0 Å². The van der Waals surface area contributed by atoms with Gasteiger partial charge in [0.2, 0.25) is 5.91 Å². The molecule has 5 aromatic rings. The highest BCUT2D eigenvalue weighted by molar-refractivity contribution is 6.34. The number of pyridine rings is 1. The molecule has 2 amide bonds. The fraction of sp³-hybridized carbons (Fsp3) is 0.219. The van der Waals surface area contributed by atoms with E-state index in [0.717, 1.165) is 0 Å². The van der Waals surface area contributed by atoms with Crippen molar-refractivity contribution in [2.45, 2.75) is 19.5 Å². The number of carbonyl (C=O) groups is 2. The Balaban J connectivity index is 1.44. The number of aromatic nitrogens is 4. The molecule has 12 nitrogen and oxygen atoms in total. The van der Waals surface area contributed by atoms with E-state index in [1.165, 1.54) is 22.9 Å². The number of hydrogen-bond donors (Lipinski definition) is 3. The number of fused-ring (bicyclic) bond motifs is 1. The number of morpholine rings is 1. The Morgan fingerprint density at radius 2 is 1.89 bits per heavy atom. The monoisotopic (exact) mass is 661 g/mol. The molecule has 1 aliphatic rings. The number of ether oxygens (including phenoxy) is 1. The molecule has 1 atom stereocenters. The number of halogens is 2. The molecule has 1 aliphatic heterocycles. The number of primary amides is 1. The van der Waals surface area contributed by atoms with E-state index < -0.39 is 23.1 Å². The molecule has 0 aliphatic carbocycles. The van der Waals surface area contributed by atoms with Gasteiger partial charge in [0, 0.05) is 37.0 Å². The van der Waals surface area contributed by atoms with Crippen molar-refractivity contribution in [1.82, 2.24) is 19.1 Å². The molecule has 46 heavy (non-hydrogen) atoms. The molecule has 3 aromatic heterocycles. The predicted octanol–water partition coefficient (Wildman–Crippen LogP) is 4.44. The molecule has 14 heteroatoms. The van der Waals surface area contributed by atoms with Gasteiger partial charge in [0.25, 0.3) is 11.5 Å². The molecule has 0 unspecified atom stereocenters. The summed E-state index contributed by atoms with van der Waals surface area (Å²) in [5.41, 5.74) is 6.82. The van der Waals surface area contributed by atoms with E-state index in [4.69, 9.17) is 38.7 Å². The lowest BCUT2D eigenvalue weighted by molar-refractivity contribution is -0.116. The summed E-state index contributed by atoms with van der Waals surface area (Å²) in [5.74, 6) is -0.785. The first kappa shape index (κ1) is 31.1. The molecule has 236 valence electrons. The van der Waals surface area contributed by atoms with E-state index in [-0.39, 0.29) is 39.2 Å². The summed E-state index contributed by atoms with van der Waals surface area (Å²) in [7, 11) is 1.60. The van der Waals surface area contributed by atoms with Crippen molar-refractivity contribution in [2.24, 2.45) is 12.8 Å². The Hall–Kier alpha value is -4.91. The van der Waals surface area contributed by atoms with Crippen LogP contribution < -0.4 is 21.5 Å². The minimum absolute atomic E-state index is 0.0895. The van der Waals surface area contributed by atoms with Crippen LogP contribution >= 0.6 is 23.2 Å². The number of benzene rings is 2. The van der Waals surface area contributed by atoms with Crippen LogP contribution in [0.15, 0.2) is 65.7 Å². The van der Waals surface area contributed by atoms with Gasteiger partial charge in [-0.15, -0.1) is 0 Å². The summed E-state index contributed by atoms with van der Waals surface area (Å²) in [5, 5.41) is 13.5. The fourth-order valence-corrected chi connectivity index (χ4v) is 5.91. The van der Waals surface area contributed by atoms with Crippen LogP contribution in [0.3, 0.4) is 0 Å². The number of hydrogen-bond acceptors (Lipinski definition) is 8. The number of phenols is 1. The Bertz CT molecular complexity index is 2060. The molecule has 0 radical (unpaired) electrons. The second kappa shape index (κ2) is 12.5. The van der Waals surface area contributed by atoms with Gasteiger partial charge in [-0.05, 0) is 24.6 Å². The van der Waals surface area contributed by atoms with Gasteiger partial charge in [0.1, 0.15) is 29.6 Å². The average molecular weight is 663 g/mol. The van der Waals surface area contributed by atoms with E-state index in [2.05, 4.69) is 15.2 Å². The van der Waals surface area contributed by atoms with Crippen molar-refractivity contribution in [3.63, 3.8) is 0 Å². The smallest absolute Gasteiger partial charge is 0.263 e. The molecular weight excluding hydrogens is 633 g/mol. The molecule has 2 aromatic carbocycles. The van der Waals surface area contributed by atoms with Crippen molar-refractivity contribution >= 4 is 57.6 Å². The third kappa shape index (κ3) is 5.78. The molecule has 4 N–H and O–H groups in total. The van der Waals surface area contributed by atoms with E-state index in [0.29, 0.717) is 53.8 Å². The number of rotatable bonds is 7. The number of anilines is 2. The number of nitrogens with two attached hydrogens (primary N) is 1. The number of nitrogens with one attached hydrogen (secondary N) is 1. The Morgan fingerprint density at radius 1 is 1.13 bits per heavy atom. The first-order valence-corrected chi connectivity index (χ1v) is 15.1. The highest BCUT2D eigenvalue weighted by Gasteiger charge is 2.24. The van der Waals surface area contributed by atoms with Crippen molar-refractivity contribution in [3.05, 3.63) is 86.9 Å². The van der Waals surface area contributed by atoms with Gasteiger partial charge in [0.05, 0.1) is 52.1 Å². The predicted molar refractivity (Wildman–Crippen MR) is 177 cm³/mol. The third-order valence-corrected chi connectivity index (χ3v) is 8.45. The molecule has 1 saturated heterocycles.